The SMILES string of the molecule is COC(=O)C[C@H]1CCC[C@@H](N(Cc2ccccc2)C(=O)OCc2ccccc2)[C@@H]1c1ccc(C(F)(F)F)cc1. The van der Waals surface area contributed by atoms with Crippen molar-refractivity contribution in [2.24, 2.45) is 5.92 Å². The van der Waals surface area contributed by atoms with Gasteiger partial charge in [-0.2, -0.15) is 13.2 Å². The summed E-state index contributed by atoms with van der Waals surface area (Å²) in [6, 6.07) is 23.5. The van der Waals surface area contributed by atoms with Crippen LogP contribution in [0.3, 0.4) is 0 Å². The molecule has 0 aliphatic heterocycles. The molecule has 0 radical (unpaired) electrons. The molecule has 1 aliphatic rings. The molecule has 8 heteroatoms. The number of benzene rings is 3. The first kappa shape index (κ1) is 28.2. The molecule has 0 heterocycles. The molecule has 1 saturated carbocycles. The minimum atomic E-state index is -4.46. The number of methoxy groups -OCH3 is 1. The van der Waals surface area contributed by atoms with Gasteiger partial charge in [0, 0.05) is 24.9 Å². The molecule has 4 rings (SSSR count). The van der Waals surface area contributed by atoms with E-state index in [1.165, 1.54) is 19.2 Å². The number of halogens is 3. The Hall–Kier alpha value is -3.81. The Labute approximate surface area is 226 Å². The Morgan fingerprint density at radius 2 is 1.49 bits per heavy atom. The summed E-state index contributed by atoms with van der Waals surface area (Å²) in [5, 5.41) is 0. The minimum absolute atomic E-state index is 0.0915. The van der Waals surface area contributed by atoms with Gasteiger partial charge in [-0.15, -0.1) is 0 Å². The zero-order valence-corrected chi connectivity index (χ0v) is 21.8. The van der Waals surface area contributed by atoms with E-state index in [4.69, 9.17) is 9.47 Å². The average molecular weight is 540 g/mol. The summed E-state index contributed by atoms with van der Waals surface area (Å²) in [6.07, 6.45) is -2.80. The summed E-state index contributed by atoms with van der Waals surface area (Å²) >= 11 is 0. The molecular formula is C31H32F3NO4. The maximum absolute atomic E-state index is 13.6. The fourth-order valence-electron chi connectivity index (χ4n) is 5.43. The van der Waals surface area contributed by atoms with Crippen LogP contribution in [0.5, 0.6) is 0 Å². The molecule has 1 amide bonds. The van der Waals surface area contributed by atoms with Crippen molar-refractivity contribution < 1.29 is 32.2 Å². The Morgan fingerprint density at radius 3 is 2.08 bits per heavy atom. The molecular weight excluding hydrogens is 507 g/mol. The van der Waals surface area contributed by atoms with Gasteiger partial charge < -0.3 is 14.4 Å². The predicted octanol–water partition coefficient (Wildman–Crippen LogP) is 7.36. The van der Waals surface area contributed by atoms with Crippen LogP contribution in [0.4, 0.5) is 18.0 Å². The van der Waals surface area contributed by atoms with Crippen LogP contribution in [0.1, 0.15) is 53.9 Å². The van der Waals surface area contributed by atoms with Crippen LogP contribution >= 0.6 is 0 Å². The van der Waals surface area contributed by atoms with E-state index in [-0.39, 0.29) is 37.4 Å². The summed E-state index contributed by atoms with van der Waals surface area (Å²) in [4.78, 5) is 27.6. The number of nitrogens with zero attached hydrogens (tertiary/aromatic N) is 1. The highest BCUT2D eigenvalue weighted by Gasteiger charge is 2.41. The molecule has 1 fully saturated rings. The van der Waals surface area contributed by atoms with Gasteiger partial charge in [0.1, 0.15) is 6.61 Å². The van der Waals surface area contributed by atoms with E-state index in [2.05, 4.69) is 0 Å². The number of amides is 1. The first-order valence-electron chi connectivity index (χ1n) is 13.0. The van der Waals surface area contributed by atoms with Crippen molar-refractivity contribution >= 4 is 12.1 Å². The van der Waals surface area contributed by atoms with Crippen molar-refractivity contribution in [2.75, 3.05) is 7.11 Å². The summed E-state index contributed by atoms with van der Waals surface area (Å²) in [7, 11) is 1.32. The molecule has 0 N–H and O–H groups in total. The van der Waals surface area contributed by atoms with Crippen LogP contribution in [-0.2, 0) is 33.6 Å². The fourth-order valence-corrected chi connectivity index (χ4v) is 5.43. The van der Waals surface area contributed by atoms with Gasteiger partial charge in [0.05, 0.1) is 12.7 Å². The van der Waals surface area contributed by atoms with E-state index in [0.717, 1.165) is 29.7 Å². The molecule has 3 aromatic carbocycles. The smallest absolute Gasteiger partial charge is 0.416 e. The lowest BCUT2D eigenvalue weighted by atomic mass is 9.70. The first-order valence-corrected chi connectivity index (χ1v) is 13.0. The summed E-state index contributed by atoms with van der Waals surface area (Å²) < 4.78 is 50.6. The molecule has 0 bridgehead atoms. The number of hydrogen-bond acceptors (Lipinski definition) is 4. The molecule has 39 heavy (non-hydrogen) atoms. The van der Waals surface area contributed by atoms with Crippen molar-refractivity contribution in [3.8, 4) is 0 Å². The second kappa shape index (κ2) is 12.8. The summed E-state index contributed by atoms with van der Waals surface area (Å²) in [5.74, 6) is -0.986. The van der Waals surface area contributed by atoms with Crippen LogP contribution in [0.15, 0.2) is 84.9 Å². The highest BCUT2D eigenvalue weighted by Crippen LogP contribution is 2.44. The summed E-state index contributed by atoms with van der Waals surface area (Å²) in [5.41, 5.74) is 1.65. The van der Waals surface area contributed by atoms with Gasteiger partial charge in [-0.3, -0.25) is 4.79 Å². The third-order valence-corrected chi connectivity index (χ3v) is 7.31. The topological polar surface area (TPSA) is 55.8 Å². The average Bonchev–Trinajstić information content (AvgIpc) is 2.95. The normalized spacial score (nSPS) is 19.2. The van der Waals surface area contributed by atoms with Crippen molar-refractivity contribution in [3.63, 3.8) is 0 Å². The van der Waals surface area contributed by atoms with Crippen LogP contribution in [0.25, 0.3) is 0 Å². The number of ether oxygens (including phenoxy) is 2. The summed E-state index contributed by atoms with van der Waals surface area (Å²) in [6.45, 7) is 0.357. The standard InChI is InChI=1S/C31H32F3NO4/c1-38-28(36)19-25-13-8-14-27(29(25)24-15-17-26(18-16-24)31(32,33)34)35(20-22-9-4-2-5-10-22)30(37)39-21-23-11-6-3-7-12-23/h2-7,9-12,15-18,25,27,29H,8,13-14,19-21H2,1H3/t25-,27-,29-/m1/s1. The molecule has 0 aromatic heterocycles. The Kier molecular flexibility index (Phi) is 9.28. The lowest BCUT2D eigenvalue weighted by Gasteiger charge is -2.43. The number of carbonyl (C=O) groups excluding carboxylic acids is 2. The van der Waals surface area contributed by atoms with E-state index >= 15 is 0 Å². The molecule has 0 saturated heterocycles. The zero-order valence-electron chi connectivity index (χ0n) is 21.8. The second-order valence-electron chi connectivity index (χ2n) is 9.84. The van der Waals surface area contributed by atoms with Crippen molar-refractivity contribution in [2.45, 2.75) is 57.0 Å². The van der Waals surface area contributed by atoms with Gasteiger partial charge in [-0.1, -0.05) is 79.2 Å². The van der Waals surface area contributed by atoms with Crippen LogP contribution in [0, 0.1) is 5.92 Å². The van der Waals surface area contributed by atoms with E-state index in [0.29, 0.717) is 18.4 Å². The molecule has 5 nitrogen and oxygen atoms in total. The number of rotatable bonds is 8. The van der Waals surface area contributed by atoms with Gasteiger partial charge in [-0.05, 0) is 47.6 Å². The number of esters is 1. The molecule has 0 unspecified atom stereocenters. The minimum Gasteiger partial charge on any atom is -0.469 e. The molecule has 1 aliphatic carbocycles. The van der Waals surface area contributed by atoms with Crippen molar-refractivity contribution in [3.05, 3.63) is 107 Å². The fraction of sp³-hybridized carbons (Fsp3) is 0.355. The molecule has 3 atom stereocenters. The number of carbonyl (C=O) groups is 2. The molecule has 206 valence electrons. The van der Waals surface area contributed by atoms with Gasteiger partial charge in [0.25, 0.3) is 0 Å². The van der Waals surface area contributed by atoms with Gasteiger partial charge >= 0.3 is 18.2 Å². The largest absolute Gasteiger partial charge is 0.469 e. The third-order valence-electron chi connectivity index (χ3n) is 7.31. The maximum Gasteiger partial charge on any atom is 0.416 e. The predicted molar refractivity (Wildman–Crippen MR) is 141 cm³/mol. The Balaban J connectivity index is 1.69. The monoisotopic (exact) mass is 539 g/mol. The van der Waals surface area contributed by atoms with Crippen LogP contribution in [-0.4, -0.2) is 30.1 Å². The van der Waals surface area contributed by atoms with E-state index in [1.54, 1.807) is 4.90 Å². The highest BCUT2D eigenvalue weighted by atomic mass is 19.4. The van der Waals surface area contributed by atoms with E-state index < -0.39 is 23.9 Å². The van der Waals surface area contributed by atoms with Crippen LogP contribution < -0.4 is 0 Å². The van der Waals surface area contributed by atoms with Crippen molar-refractivity contribution in [1.29, 1.82) is 0 Å². The Bertz CT molecular complexity index is 1220. The van der Waals surface area contributed by atoms with Crippen LogP contribution in [0.2, 0.25) is 0 Å². The zero-order chi connectivity index (χ0) is 27.8. The quantitative estimate of drug-likeness (QED) is 0.281. The lowest BCUT2D eigenvalue weighted by molar-refractivity contribution is -0.142. The lowest BCUT2D eigenvalue weighted by Crippen LogP contribution is -2.47. The van der Waals surface area contributed by atoms with Gasteiger partial charge in [-0.25, -0.2) is 4.79 Å². The third kappa shape index (κ3) is 7.40. The highest BCUT2D eigenvalue weighted by molar-refractivity contribution is 5.70. The van der Waals surface area contributed by atoms with Gasteiger partial charge in [0.15, 0.2) is 0 Å². The van der Waals surface area contributed by atoms with Crippen molar-refractivity contribution in [1.82, 2.24) is 4.90 Å². The second-order valence-corrected chi connectivity index (χ2v) is 9.84. The van der Waals surface area contributed by atoms with Gasteiger partial charge in [0.2, 0.25) is 0 Å². The number of hydrogen-bond donors (Lipinski definition) is 0. The Morgan fingerprint density at radius 1 is 0.872 bits per heavy atom. The first-order chi connectivity index (χ1) is 18.8. The van der Waals surface area contributed by atoms with E-state index in [1.807, 2.05) is 60.7 Å². The molecule has 0 spiro atoms. The maximum atomic E-state index is 13.6. The van der Waals surface area contributed by atoms with E-state index in [9.17, 15) is 22.8 Å². The molecule has 3 aromatic rings. The number of alkyl halides is 3.